The summed E-state index contributed by atoms with van der Waals surface area (Å²) in [7, 11) is 0. The van der Waals surface area contributed by atoms with E-state index in [-0.39, 0.29) is 24.7 Å². The van der Waals surface area contributed by atoms with Gasteiger partial charge >= 0.3 is 0 Å². The van der Waals surface area contributed by atoms with E-state index >= 15 is 0 Å². The molecule has 2 N–H and O–H groups in total. The number of hydrazone groups is 1. The van der Waals surface area contributed by atoms with Crippen molar-refractivity contribution in [3.05, 3.63) is 60.1 Å². The summed E-state index contributed by atoms with van der Waals surface area (Å²) >= 11 is 0. The Labute approximate surface area is 128 Å². The van der Waals surface area contributed by atoms with Crippen molar-refractivity contribution >= 4 is 18.0 Å². The number of furan rings is 1. The molecule has 22 heavy (non-hydrogen) atoms. The van der Waals surface area contributed by atoms with E-state index in [2.05, 4.69) is 15.8 Å². The van der Waals surface area contributed by atoms with Gasteiger partial charge in [-0.1, -0.05) is 30.3 Å². The van der Waals surface area contributed by atoms with Gasteiger partial charge < -0.3 is 9.73 Å². The summed E-state index contributed by atoms with van der Waals surface area (Å²) in [4.78, 5) is 23.2. The van der Waals surface area contributed by atoms with Crippen LogP contribution in [0.3, 0.4) is 0 Å². The highest BCUT2D eigenvalue weighted by Crippen LogP contribution is 1.98. The summed E-state index contributed by atoms with van der Waals surface area (Å²) in [6.07, 6.45) is 3.11. The molecule has 0 aliphatic carbocycles. The number of rotatable bonds is 7. The Kier molecular flexibility index (Phi) is 5.92. The third kappa shape index (κ3) is 5.62. The summed E-state index contributed by atoms with van der Waals surface area (Å²) in [5, 5.41) is 6.50. The fraction of sp³-hybridized carbons (Fsp3) is 0.188. The maximum absolute atomic E-state index is 11.6. The predicted octanol–water partition coefficient (Wildman–Crippen LogP) is 1.83. The zero-order valence-corrected chi connectivity index (χ0v) is 12.0. The number of amides is 2. The van der Waals surface area contributed by atoms with Gasteiger partial charge in [-0.05, 0) is 17.7 Å². The molecule has 0 saturated heterocycles. The van der Waals surface area contributed by atoms with Crippen LogP contribution in [0.1, 0.15) is 24.2 Å². The Hall–Kier alpha value is -2.89. The molecule has 0 spiro atoms. The van der Waals surface area contributed by atoms with E-state index in [0.29, 0.717) is 12.3 Å². The van der Waals surface area contributed by atoms with Crippen LogP contribution in [0, 0.1) is 0 Å². The number of nitrogens with one attached hydrogen (secondary N) is 2. The summed E-state index contributed by atoms with van der Waals surface area (Å²) in [5.74, 6) is 0.0487. The normalized spacial score (nSPS) is 10.5. The maximum atomic E-state index is 11.6. The van der Waals surface area contributed by atoms with Crippen LogP contribution in [0.2, 0.25) is 0 Å². The van der Waals surface area contributed by atoms with Crippen molar-refractivity contribution in [2.24, 2.45) is 5.10 Å². The lowest BCUT2D eigenvalue weighted by molar-refractivity contribution is -0.126. The summed E-state index contributed by atoms with van der Waals surface area (Å²) in [6, 6.07) is 13.0. The Bertz CT molecular complexity index is 621. The first-order valence-corrected chi connectivity index (χ1v) is 6.90. The topological polar surface area (TPSA) is 83.7 Å². The lowest BCUT2D eigenvalue weighted by Crippen LogP contribution is -2.25. The number of hydrogen-bond acceptors (Lipinski definition) is 4. The Morgan fingerprint density at radius 3 is 2.55 bits per heavy atom. The number of hydrogen-bond donors (Lipinski definition) is 2. The molecular weight excluding hydrogens is 282 g/mol. The van der Waals surface area contributed by atoms with Crippen LogP contribution in [0.25, 0.3) is 0 Å². The average molecular weight is 299 g/mol. The summed E-state index contributed by atoms with van der Waals surface area (Å²) in [5.41, 5.74) is 3.36. The van der Waals surface area contributed by atoms with Gasteiger partial charge in [-0.2, -0.15) is 5.10 Å². The second kappa shape index (κ2) is 8.41. The zero-order valence-electron chi connectivity index (χ0n) is 12.0. The number of carbonyl (C=O) groups excluding carboxylic acids is 2. The van der Waals surface area contributed by atoms with Crippen LogP contribution in [-0.4, -0.2) is 18.0 Å². The molecule has 114 valence electrons. The molecule has 0 radical (unpaired) electrons. The molecule has 6 heteroatoms. The van der Waals surface area contributed by atoms with Crippen molar-refractivity contribution in [3.8, 4) is 0 Å². The number of nitrogens with zero attached hydrogens (tertiary/aromatic N) is 1. The first-order valence-electron chi connectivity index (χ1n) is 6.90. The van der Waals surface area contributed by atoms with Gasteiger partial charge in [0, 0.05) is 19.4 Å². The number of benzene rings is 1. The SMILES string of the molecule is O=C(CCC(=O)NN=Cc1ccco1)NCc1ccccc1. The zero-order chi connectivity index (χ0) is 15.6. The maximum Gasteiger partial charge on any atom is 0.240 e. The standard InChI is InChI=1S/C16H17N3O3/c20-15(17-11-13-5-2-1-3-6-13)8-9-16(21)19-18-12-14-7-4-10-22-14/h1-7,10,12H,8-9,11H2,(H,17,20)(H,19,21). The fourth-order valence-corrected chi connectivity index (χ4v) is 1.70. The van der Waals surface area contributed by atoms with Crippen LogP contribution in [0.15, 0.2) is 58.2 Å². The van der Waals surface area contributed by atoms with Gasteiger partial charge in [0.05, 0.1) is 12.5 Å². The molecule has 6 nitrogen and oxygen atoms in total. The van der Waals surface area contributed by atoms with Crippen molar-refractivity contribution in [2.45, 2.75) is 19.4 Å². The van der Waals surface area contributed by atoms with E-state index in [0.717, 1.165) is 5.56 Å². The van der Waals surface area contributed by atoms with Gasteiger partial charge in [0.25, 0.3) is 0 Å². The third-order valence-corrected chi connectivity index (χ3v) is 2.84. The van der Waals surface area contributed by atoms with Gasteiger partial charge in [0.1, 0.15) is 5.76 Å². The second-order valence-corrected chi connectivity index (χ2v) is 4.57. The largest absolute Gasteiger partial charge is 0.463 e. The van der Waals surface area contributed by atoms with Crippen molar-refractivity contribution in [1.82, 2.24) is 10.7 Å². The lowest BCUT2D eigenvalue weighted by Gasteiger charge is -2.04. The Morgan fingerprint density at radius 1 is 1.05 bits per heavy atom. The van der Waals surface area contributed by atoms with Crippen molar-refractivity contribution in [3.63, 3.8) is 0 Å². The van der Waals surface area contributed by atoms with Gasteiger partial charge in [-0.25, -0.2) is 5.43 Å². The smallest absolute Gasteiger partial charge is 0.240 e. The lowest BCUT2D eigenvalue weighted by atomic mass is 10.2. The molecule has 1 heterocycles. The minimum Gasteiger partial charge on any atom is -0.463 e. The highest BCUT2D eigenvalue weighted by Gasteiger charge is 2.06. The van der Waals surface area contributed by atoms with Crippen LogP contribution < -0.4 is 10.7 Å². The molecule has 2 aromatic rings. The van der Waals surface area contributed by atoms with Crippen LogP contribution in [-0.2, 0) is 16.1 Å². The first-order chi connectivity index (χ1) is 10.7. The minimum absolute atomic E-state index is 0.0795. The molecule has 1 aromatic heterocycles. The van der Waals surface area contributed by atoms with Crippen LogP contribution in [0.5, 0.6) is 0 Å². The summed E-state index contributed by atoms with van der Waals surface area (Å²) in [6.45, 7) is 0.456. The van der Waals surface area contributed by atoms with Gasteiger partial charge in [-0.3, -0.25) is 9.59 Å². The molecule has 0 saturated carbocycles. The van der Waals surface area contributed by atoms with Crippen LogP contribution >= 0.6 is 0 Å². The van der Waals surface area contributed by atoms with Crippen molar-refractivity contribution in [1.29, 1.82) is 0 Å². The average Bonchev–Trinajstić information content (AvgIpc) is 3.05. The van der Waals surface area contributed by atoms with Gasteiger partial charge in [0.2, 0.25) is 11.8 Å². The molecule has 1 aromatic carbocycles. The molecule has 0 fully saturated rings. The molecule has 0 aliphatic rings. The summed E-state index contributed by atoms with van der Waals surface area (Å²) < 4.78 is 5.02. The molecule has 0 bridgehead atoms. The molecule has 2 amide bonds. The monoisotopic (exact) mass is 299 g/mol. The van der Waals surface area contributed by atoms with Gasteiger partial charge in [0.15, 0.2) is 0 Å². The molecule has 0 atom stereocenters. The van der Waals surface area contributed by atoms with E-state index < -0.39 is 0 Å². The quantitative estimate of drug-likeness (QED) is 0.604. The fourth-order valence-electron chi connectivity index (χ4n) is 1.70. The molecule has 0 aliphatic heterocycles. The van der Waals surface area contributed by atoms with Gasteiger partial charge in [-0.15, -0.1) is 0 Å². The third-order valence-electron chi connectivity index (χ3n) is 2.84. The Morgan fingerprint density at radius 2 is 1.82 bits per heavy atom. The van der Waals surface area contributed by atoms with E-state index in [1.165, 1.54) is 12.5 Å². The highest BCUT2D eigenvalue weighted by molar-refractivity contribution is 5.84. The molecule has 0 unspecified atom stereocenters. The van der Waals surface area contributed by atoms with E-state index in [1.807, 2.05) is 30.3 Å². The van der Waals surface area contributed by atoms with E-state index in [4.69, 9.17) is 4.42 Å². The van der Waals surface area contributed by atoms with Crippen molar-refractivity contribution in [2.75, 3.05) is 0 Å². The Balaban J connectivity index is 1.62. The van der Waals surface area contributed by atoms with E-state index in [9.17, 15) is 9.59 Å². The van der Waals surface area contributed by atoms with E-state index in [1.54, 1.807) is 12.1 Å². The minimum atomic E-state index is -0.322. The first kappa shape index (κ1) is 15.5. The molecule has 2 rings (SSSR count). The molecular formula is C16H17N3O3. The van der Waals surface area contributed by atoms with Crippen molar-refractivity contribution < 1.29 is 14.0 Å². The predicted molar refractivity (Wildman–Crippen MR) is 82.0 cm³/mol. The van der Waals surface area contributed by atoms with Crippen LogP contribution in [0.4, 0.5) is 0 Å². The highest BCUT2D eigenvalue weighted by atomic mass is 16.3. The second-order valence-electron chi connectivity index (χ2n) is 4.57. The number of carbonyl (C=O) groups is 2.